The van der Waals surface area contributed by atoms with E-state index in [1.807, 2.05) is 41.5 Å². The Morgan fingerprint density at radius 1 is 0.763 bits per heavy atom. The predicted molar refractivity (Wildman–Crippen MR) is 149 cm³/mol. The number of unbranched alkanes of at least 4 members (excludes halogenated alkanes) is 2. The van der Waals surface area contributed by atoms with Crippen LogP contribution in [-0.2, 0) is 14.3 Å². The molecule has 2 heterocycles. The standard InChI is InChI=1S/C14H28N2O3.C14H26N2O3/c2*1-12-11-16(13(18)19-14(2,3)4)9-8-15(12)7-5-6-10-17/h12,17H,5-11H2,1-4H3;10,12H,5-9,11H2,1-4H3/t2*12-/m00/s1. The number of hydrogen-bond acceptors (Lipinski definition) is 8. The summed E-state index contributed by atoms with van der Waals surface area (Å²) in [5, 5.41) is 8.80. The summed E-state index contributed by atoms with van der Waals surface area (Å²) < 4.78 is 10.8. The minimum absolute atomic E-state index is 0.214. The lowest BCUT2D eigenvalue weighted by atomic mass is 10.1. The number of carbonyl (C=O) groups excluding carboxylic acids is 3. The van der Waals surface area contributed by atoms with Crippen molar-refractivity contribution in [2.45, 2.75) is 104 Å². The molecule has 0 spiro atoms. The summed E-state index contributed by atoms with van der Waals surface area (Å²) in [6, 6.07) is 0.660. The molecule has 0 aromatic heterocycles. The number of ether oxygens (including phenoxy) is 2. The summed E-state index contributed by atoms with van der Waals surface area (Å²) in [6.45, 7) is 22.3. The van der Waals surface area contributed by atoms with E-state index in [9.17, 15) is 14.4 Å². The quantitative estimate of drug-likeness (QED) is 0.367. The van der Waals surface area contributed by atoms with Crippen LogP contribution < -0.4 is 0 Å². The van der Waals surface area contributed by atoms with E-state index in [1.165, 1.54) is 0 Å². The van der Waals surface area contributed by atoms with Crippen LogP contribution >= 0.6 is 0 Å². The number of carbonyl (C=O) groups is 3. The van der Waals surface area contributed by atoms with Crippen LogP contribution in [0, 0.1) is 0 Å². The molecule has 0 aromatic rings. The topological polar surface area (TPSA) is 103 Å². The maximum atomic E-state index is 12.0. The molecule has 0 radical (unpaired) electrons. The van der Waals surface area contributed by atoms with E-state index in [-0.39, 0.29) is 18.8 Å². The molecule has 10 heteroatoms. The Morgan fingerprint density at radius 2 is 1.18 bits per heavy atom. The molecule has 0 unspecified atom stereocenters. The van der Waals surface area contributed by atoms with Crippen molar-refractivity contribution < 1.29 is 29.0 Å². The van der Waals surface area contributed by atoms with Gasteiger partial charge in [0.1, 0.15) is 17.5 Å². The number of aliphatic hydroxyl groups is 1. The summed E-state index contributed by atoms with van der Waals surface area (Å²) in [4.78, 5) is 42.5. The summed E-state index contributed by atoms with van der Waals surface area (Å²) in [6.07, 6.45) is 3.87. The summed E-state index contributed by atoms with van der Waals surface area (Å²) in [5.41, 5.74) is -0.875. The highest BCUT2D eigenvalue weighted by Gasteiger charge is 2.30. The largest absolute Gasteiger partial charge is 0.444 e. The van der Waals surface area contributed by atoms with Crippen LogP contribution in [0.4, 0.5) is 9.59 Å². The van der Waals surface area contributed by atoms with Gasteiger partial charge in [-0.15, -0.1) is 0 Å². The van der Waals surface area contributed by atoms with E-state index >= 15 is 0 Å². The highest BCUT2D eigenvalue weighted by Crippen LogP contribution is 2.16. The van der Waals surface area contributed by atoms with E-state index in [0.717, 1.165) is 58.3 Å². The third kappa shape index (κ3) is 13.8. The molecule has 0 bridgehead atoms. The SMILES string of the molecule is C[C@H]1CN(C(=O)OC(C)(C)C)CCN1CCCC=O.C[C@H]1CN(C(=O)OC(C)(C)C)CCN1CCCCO. The number of rotatable bonds is 8. The van der Waals surface area contributed by atoms with Gasteiger partial charge in [0.2, 0.25) is 0 Å². The average Bonchev–Trinajstić information content (AvgIpc) is 2.79. The van der Waals surface area contributed by atoms with Crippen LogP contribution in [-0.4, -0.2) is 125 Å². The van der Waals surface area contributed by atoms with Gasteiger partial charge >= 0.3 is 12.2 Å². The molecule has 10 nitrogen and oxygen atoms in total. The second-order valence-electron chi connectivity index (χ2n) is 12.4. The van der Waals surface area contributed by atoms with Crippen molar-refractivity contribution in [2.24, 2.45) is 0 Å². The number of aldehydes is 1. The lowest BCUT2D eigenvalue weighted by Crippen LogP contribution is -2.54. The minimum Gasteiger partial charge on any atom is -0.444 e. The lowest BCUT2D eigenvalue weighted by Gasteiger charge is -2.40. The molecule has 2 aliphatic rings. The van der Waals surface area contributed by atoms with Gasteiger partial charge in [0.15, 0.2) is 0 Å². The molecule has 1 N–H and O–H groups in total. The van der Waals surface area contributed by atoms with Gasteiger partial charge in [-0.25, -0.2) is 9.59 Å². The summed E-state index contributed by atoms with van der Waals surface area (Å²) >= 11 is 0. The van der Waals surface area contributed by atoms with Gasteiger partial charge < -0.3 is 29.2 Å². The zero-order chi connectivity index (χ0) is 28.9. The minimum atomic E-state index is -0.443. The van der Waals surface area contributed by atoms with E-state index in [2.05, 4.69) is 23.6 Å². The Labute approximate surface area is 230 Å². The Morgan fingerprint density at radius 3 is 1.53 bits per heavy atom. The van der Waals surface area contributed by atoms with Crippen molar-refractivity contribution in [2.75, 3.05) is 59.0 Å². The van der Waals surface area contributed by atoms with Crippen molar-refractivity contribution in [3.05, 3.63) is 0 Å². The van der Waals surface area contributed by atoms with Crippen LogP contribution in [0.1, 0.15) is 81.1 Å². The van der Waals surface area contributed by atoms with E-state index < -0.39 is 11.2 Å². The first kappa shape index (κ1) is 34.1. The second-order valence-corrected chi connectivity index (χ2v) is 12.4. The highest BCUT2D eigenvalue weighted by atomic mass is 16.6. The van der Waals surface area contributed by atoms with Gasteiger partial charge in [0.05, 0.1) is 0 Å². The fourth-order valence-electron chi connectivity index (χ4n) is 4.44. The van der Waals surface area contributed by atoms with Gasteiger partial charge in [-0.05, 0) is 87.7 Å². The zero-order valence-corrected chi connectivity index (χ0v) is 25.2. The van der Waals surface area contributed by atoms with Crippen LogP contribution in [0.5, 0.6) is 0 Å². The van der Waals surface area contributed by atoms with Gasteiger partial charge in [0, 0.05) is 64.4 Å². The van der Waals surface area contributed by atoms with Crippen molar-refractivity contribution >= 4 is 18.5 Å². The van der Waals surface area contributed by atoms with Gasteiger partial charge in [0.25, 0.3) is 0 Å². The fourth-order valence-corrected chi connectivity index (χ4v) is 4.44. The van der Waals surface area contributed by atoms with Crippen molar-refractivity contribution in [1.29, 1.82) is 0 Å². The van der Waals surface area contributed by atoms with E-state index in [4.69, 9.17) is 14.6 Å². The Kier molecular flexibility index (Phi) is 14.6. The van der Waals surface area contributed by atoms with E-state index in [1.54, 1.807) is 9.80 Å². The summed E-state index contributed by atoms with van der Waals surface area (Å²) in [7, 11) is 0. The molecule has 0 saturated carbocycles. The van der Waals surface area contributed by atoms with Crippen molar-refractivity contribution in [3.8, 4) is 0 Å². The van der Waals surface area contributed by atoms with Crippen LogP contribution in [0.3, 0.4) is 0 Å². The van der Waals surface area contributed by atoms with Crippen molar-refractivity contribution in [3.63, 3.8) is 0 Å². The average molecular weight is 543 g/mol. The molecule has 2 atom stereocenters. The maximum absolute atomic E-state index is 12.0. The Hall–Kier alpha value is -1.91. The molecule has 38 heavy (non-hydrogen) atoms. The van der Waals surface area contributed by atoms with Gasteiger partial charge in [-0.1, -0.05) is 0 Å². The number of nitrogens with zero attached hydrogens (tertiary/aromatic N) is 4. The molecule has 0 aliphatic carbocycles. The molecular formula is C28H54N4O6. The number of amides is 2. The first-order valence-electron chi connectivity index (χ1n) is 14.1. The smallest absolute Gasteiger partial charge is 0.410 e. The molecule has 2 fully saturated rings. The first-order chi connectivity index (χ1) is 17.7. The van der Waals surface area contributed by atoms with Gasteiger partial charge in [-0.3, -0.25) is 9.80 Å². The number of hydrogen-bond donors (Lipinski definition) is 1. The predicted octanol–water partition coefficient (Wildman–Crippen LogP) is 3.61. The van der Waals surface area contributed by atoms with Crippen LogP contribution in [0.25, 0.3) is 0 Å². The van der Waals surface area contributed by atoms with Crippen LogP contribution in [0.15, 0.2) is 0 Å². The fraction of sp³-hybridized carbons (Fsp3) is 0.893. The molecule has 2 saturated heterocycles. The second kappa shape index (κ2) is 16.3. The van der Waals surface area contributed by atoms with Gasteiger partial charge in [-0.2, -0.15) is 0 Å². The lowest BCUT2D eigenvalue weighted by molar-refractivity contribution is -0.108. The molecule has 2 rings (SSSR count). The molecule has 2 aliphatic heterocycles. The molecular weight excluding hydrogens is 488 g/mol. The first-order valence-corrected chi connectivity index (χ1v) is 14.1. The molecule has 2 amide bonds. The molecule has 222 valence electrons. The zero-order valence-electron chi connectivity index (χ0n) is 25.2. The van der Waals surface area contributed by atoms with Crippen LogP contribution in [0.2, 0.25) is 0 Å². The van der Waals surface area contributed by atoms with Crippen molar-refractivity contribution in [1.82, 2.24) is 19.6 Å². The maximum Gasteiger partial charge on any atom is 0.410 e. The number of piperazine rings is 2. The van der Waals surface area contributed by atoms with E-state index in [0.29, 0.717) is 38.1 Å². The highest BCUT2D eigenvalue weighted by molar-refractivity contribution is 5.68. The summed E-state index contributed by atoms with van der Waals surface area (Å²) in [5.74, 6) is 0. The monoisotopic (exact) mass is 542 g/mol. The molecule has 0 aromatic carbocycles. The normalized spacial score (nSPS) is 21.4. The third-order valence-corrected chi connectivity index (χ3v) is 6.45. The Bertz CT molecular complexity index is 721. The number of aliphatic hydroxyl groups excluding tert-OH is 1. The third-order valence-electron chi connectivity index (χ3n) is 6.45. The Balaban J connectivity index is 0.000000380.